The highest BCUT2D eigenvalue weighted by Crippen LogP contribution is 2.21. The third-order valence-corrected chi connectivity index (χ3v) is 3.59. The standard InChI is InChI=1S/C17H22N2O4/c1-3-7-14(21)13(10-20)19-16(22)15-11(2)18-17(23-15)12-8-5-4-6-9-12/h4-6,8-9,13-14,20-21H,3,7,10H2,1-2H3,(H,19,22)/t13-,14+/m1/s1. The number of amides is 1. The van der Waals surface area contributed by atoms with E-state index in [1.54, 1.807) is 6.92 Å². The fourth-order valence-electron chi connectivity index (χ4n) is 2.31. The maximum atomic E-state index is 12.3. The molecule has 1 heterocycles. The maximum Gasteiger partial charge on any atom is 0.289 e. The number of carbonyl (C=O) groups excluding carboxylic acids is 1. The monoisotopic (exact) mass is 318 g/mol. The van der Waals surface area contributed by atoms with Gasteiger partial charge in [-0.3, -0.25) is 4.79 Å². The van der Waals surface area contributed by atoms with Crippen LogP contribution in [0.5, 0.6) is 0 Å². The highest BCUT2D eigenvalue weighted by atomic mass is 16.4. The van der Waals surface area contributed by atoms with Crippen LogP contribution in [-0.2, 0) is 0 Å². The zero-order valence-electron chi connectivity index (χ0n) is 13.3. The first-order valence-corrected chi connectivity index (χ1v) is 7.69. The van der Waals surface area contributed by atoms with E-state index in [2.05, 4.69) is 10.3 Å². The van der Waals surface area contributed by atoms with Gasteiger partial charge in [0.2, 0.25) is 11.7 Å². The van der Waals surface area contributed by atoms with Crippen LogP contribution >= 0.6 is 0 Å². The van der Waals surface area contributed by atoms with Gasteiger partial charge in [0.25, 0.3) is 5.91 Å². The minimum atomic E-state index is -0.800. The van der Waals surface area contributed by atoms with Crippen molar-refractivity contribution in [2.75, 3.05) is 6.61 Å². The SMILES string of the molecule is CCC[C@H](O)[C@@H](CO)NC(=O)c1oc(-c2ccccc2)nc1C. The summed E-state index contributed by atoms with van der Waals surface area (Å²) < 4.78 is 5.56. The van der Waals surface area contributed by atoms with Crippen LogP contribution in [0.25, 0.3) is 11.5 Å². The van der Waals surface area contributed by atoms with Crippen molar-refractivity contribution < 1.29 is 19.4 Å². The first-order chi connectivity index (χ1) is 11.1. The quantitative estimate of drug-likeness (QED) is 0.724. The van der Waals surface area contributed by atoms with E-state index in [0.717, 1.165) is 12.0 Å². The summed E-state index contributed by atoms with van der Waals surface area (Å²) in [6.07, 6.45) is 0.453. The number of rotatable bonds is 7. The Morgan fingerprint density at radius 1 is 1.35 bits per heavy atom. The molecule has 0 unspecified atom stereocenters. The Labute approximate surface area is 135 Å². The molecule has 1 aromatic carbocycles. The second-order valence-corrected chi connectivity index (χ2v) is 5.42. The molecule has 124 valence electrons. The molecule has 2 rings (SSSR count). The number of aromatic nitrogens is 1. The second-order valence-electron chi connectivity index (χ2n) is 5.42. The molecule has 6 heteroatoms. The van der Waals surface area contributed by atoms with Gasteiger partial charge in [-0.05, 0) is 25.5 Å². The number of hydrogen-bond acceptors (Lipinski definition) is 5. The molecule has 0 saturated heterocycles. The van der Waals surface area contributed by atoms with Crippen molar-refractivity contribution in [1.29, 1.82) is 0 Å². The Kier molecular flexibility index (Phi) is 5.90. The molecule has 3 N–H and O–H groups in total. The molecule has 0 saturated carbocycles. The topological polar surface area (TPSA) is 95.6 Å². The predicted molar refractivity (Wildman–Crippen MR) is 85.9 cm³/mol. The smallest absolute Gasteiger partial charge is 0.289 e. The van der Waals surface area contributed by atoms with Gasteiger partial charge >= 0.3 is 0 Å². The van der Waals surface area contributed by atoms with Crippen LogP contribution in [0.4, 0.5) is 0 Å². The largest absolute Gasteiger partial charge is 0.431 e. The predicted octanol–water partition coefficient (Wildman–Crippen LogP) is 1.90. The van der Waals surface area contributed by atoms with Crippen LogP contribution < -0.4 is 5.32 Å². The van der Waals surface area contributed by atoms with Crippen LogP contribution in [0.1, 0.15) is 36.0 Å². The molecular formula is C17H22N2O4. The molecule has 0 spiro atoms. The lowest BCUT2D eigenvalue weighted by atomic mass is 10.1. The van der Waals surface area contributed by atoms with Gasteiger partial charge in [0, 0.05) is 5.56 Å². The second kappa shape index (κ2) is 7.89. The van der Waals surface area contributed by atoms with Gasteiger partial charge in [-0.2, -0.15) is 0 Å². The van der Waals surface area contributed by atoms with Crippen molar-refractivity contribution in [3.05, 3.63) is 41.8 Å². The first kappa shape index (κ1) is 17.2. The van der Waals surface area contributed by atoms with Crippen LogP contribution in [-0.4, -0.2) is 39.9 Å². The summed E-state index contributed by atoms with van der Waals surface area (Å²) in [7, 11) is 0. The van der Waals surface area contributed by atoms with Gasteiger partial charge in [0.1, 0.15) is 0 Å². The van der Waals surface area contributed by atoms with Gasteiger partial charge in [-0.1, -0.05) is 31.5 Å². The fraction of sp³-hybridized carbons (Fsp3) is 0.412. The zero-order valence-corrected chi connectivity index (χ0v) is 13.3. The lowest BCUT2D eigenvalue weighted by molar-refractivity contribution is 0.0652. The highest BCUT2D eigenvalue weighted by molar-refractivity contribution is 5.93. The Morgan fingerprint density at radius 3 is 2.65 bits per heavy atom. The van der Waals surface area contributed by atoms with E-state index in [-0.39, 0.29) is 12.4 Å². The number of hydrogen-bond donors (Lipinski definition) is 3. The van der Waals surface area contributed by atoms with Crippen molar-refractivity contribution >= 4 is 5.91 Å². The Morgan fingerprint density at radius 2 is 2.04 bits per heavy atom. The summed E-state index contributed by atoms with van der Waals surface area (Å²) in [6, 6.07) is 8.55. The first-order valence-electron chi connectivity index (χ1n) is 7.69. The van der Waals surface area contributed by atoms with Gasteiger partial charge in [0.15, 0.2) is 0 Å². The zero-order chi connectivity index (χ0) is 16.8. The Balaban J connectivity index is 2.15. The summed E-state index contributed by atoms with van der Waals surface area (Å²) in [5.41, 5.74) is 1.24. The molecule has 0 aliphatic rings. The highest BCUT2D eigenvalue weighted by Gasteiger charge is 2.24. The number of aryl methyl sites for hydroxylation is 1. The number of aliphatic hydroxyl groups excluding tert-OH is 2. The summed E-state index contributed by atoms with van der Waals surface area (Å²) >= 11 is 0. The molecular weight excluding hydrogens is 296 g/mol. The Bertz CT molecular complexity index is 639. The normalized spacial score (nSPS) is 13.6. The molecule has 0 aliphatic carbocycles. The van der Waals surface area contributed by atoms with E-state index in [1.807, 2.05) is 37.3 Å². The Hall–Kier alpha value is -2.18. The summed E-state index contributed by atoms with van der Waals surface area (Å²) in [6.45, 7) is 3.26. The van der Waals surface area contributed by atoms with E-state index in [9.17, 15) is 15.0 Å². The number of aliphatic hydroxyl groups is 2. The van der Waals surface area contributed by atoms with Crippen molar-refractivity contribution in [2.45, 2.75) is 38.8 Å². The molecule has 23 heavy (non-hydrogen) atoms. The average molecular weight is 318 g/mol. The number of nitrogens with one attached hydrogen (secondary N) is 1. The molecule has 0 radical (unpaired) electrons. The molecule has 0 aliphatic heterocycles. The number of benzene rings is 1. The van der Waals surface area contributed by atoms with E-state index in [4.69, 9.17) is 4.42 Å². The van der Waals surface area contributed by atoms with Gasteiger partial charge < -0.3 is 19.9 Å². The van der Waals surface area contributed by atoms with E-state index in [0.29, 0.717) is 18.0 Å². The van der Waals surface area contributed by atoms with Gasteiger partial charge in [-0.15, -0.1) is 0 Å². The van der Waals surface area contributed by atoms with Crippen molar-refractivity contribution in [1.82, 2.24) is 10.3 Å². The lowest BCUT2D eigenvalue weighted by Crippen LogP contribution is -2.45. The van der Waals surface area contributed by atoms with Gasteiger partial charge in [0.05, 0.1) is 24.4 Å². The fourth-order valence-corrected chi connectivity index (χ4v) is 2.31. The van der Waals surface area contributed by atoms with Crippen molar-refractivity contribution in [2.24, 2.45) is 0 Å². The summed E-state index contributed by atoms with van der Waals surface area (Å²) in [5.74, 6) is -0.0414. The molecule has 1 aromatic heterocycles. The molecule has 1 amide bonds. The van der Waals surface area contributed by atoms with Crippen LogP contribution in [0.2, 0.25) is 0 Å². The minimum Gasteiger partial charge on any atom is -0.431 e. The summed E-state index contributed by atoms with van der Waals surface area (Å²) in [4.78, 5) is 16.6. The van der Waals surface area contributed by atoms with Crippen molar-refractivity contribution in [3.63, 3.8) is 0 Å². The van der Waals surface area contributed by atoms with E-state index >= 15 is 0 Å². The molecule has 0 bridgehead atoms. The summed E-state index contributed by atoms with van der Waals surface area (Å²) in [5, 5.41) is 21.9. The van der Waals surface area contributed by atoms with Crippen LogP contribution in [0.3, 0.4) is 0 Å². The number of carbonyl (C=O) groups is 1. The van der Waals surface area contributed by atoms with E-state index < -0.39 is 18.1 Å². The molecule has 0 fully saturated rings. The average Bonchev–Trinajstić information content (AvgIpc) is 2.95. The van der Waals surface area contributed by atoms with Crippen LogP contribution in [0.15, 0.2) is 34.7 Å². The van der Waals surface area contributed by atoms with E-state index in [1.165, 1.54) is 0 Å². The maximum absolute atomic E-state index is 12.3. The van der Waals surface area contributed by atoms with Crippen LogP contribution in [0, 0.1) is 6.92 Å². The number of oxazole rings is 1. The third kappa shape index (κ3) is 4.18. The lowest BCUT2D eigenvalue weighted by Gasteiger charge is -2.21. The minimum absolute atomic E-state index is 0.0889. The third-order valence-electron chi connectivity index (χ3n) is 3.59. The number of nitrogens with zero attached hydrogens (tertiary/aromatic N) is 1. The molecule has 2 aromatic rings. The molecule has 6 nitrogen and oxygen atoms in total. The van der Waals surface area contributed by atoms with Crippen molar-refractivity contribution in [3.8, 4) is 11.5 Å². The molecule has 2 atom stereocenters. The van der Waals surface area contributed by atoms with Gasteiger partial charge in [-0.25, -0.2) is 4.98 Å².